The van der Waals surface area contributed by atoms with Gasteiger partial charge >= 0.3 is 20.6 Å². The van der Waals surface area contributed by atoms with Crippen molar-refractivity contribution in [3.63, 3.8) is 0 Å². The van der Waals surface area contributed by atoms with Crippen LogP contribution in [0.3, 0.4) is 0 Å². The summed E-state index contributed by atoms with van der Waals surface area (Å²) in [6.45, 7) is 3.28. The first-order valence-corrected chi connectivity index (χ1v) is 6.04. The monoisotopic (exact) mass is 256 g/mol. The van der Waals surface area contributed by atoms with Crippen LogP contribution in [0.4, 0.5) is 3.89 Å². The van der Waals surface area contributed by atoms with E-state index in [0.29, 0.717) is 0 Å². The Hall–Kier alpha value is -1.26. The highest BCUT2D eigenvalue weighted by Crippen LogP contribution is 2.13. The van der Waals surface area contributed by atoms with Crippen LogP contribution in [0, 0.1) is 0 Å². The maximum Gasteiger partial charge on any atom is 0.452 e. The van der Waals surface area contributed by atoms with Crippen molar-refractivity contribution in [3.05, 3.63) is 18.6 Å². The van der Waals surface area contributed by atoms with Crippen LogP contribution in [0.2, 0.25) is 0 Å². The molecule has 1 heterocycles. The molecule has 0 fully saturated rings. The van der Waals surface area contributed by atoms with E-state index in [1.165, 1.54) is 6.08 Å². The number of halogens is 1. The van der Waals surface area contributed by atoms with Crippen molar-refractivity contribution in [1.82, 2.24) is 9.97 Å². The fourth-order valence-electron chi connectivity index (χ4n) is 0.693. The van der Waals surface area contributed by atoms with Crippen molar-refractivity contribution in [3.8, 4) is 0 Å². The first kappa shape index (κ1) is 11.8. The largest absolute Gasteiger partial charge is 0.452 e. The van der Waals surface area contributed by atoms with Gasteiger partial charge in [-0.15, -0.1) is 3.63 Å². The predicted molar refractivity (Wildman–Crippen MR) is 47.0 cm³/mol. The average Bonchev–Trinajstić information content (AvgIpc) is 2.47. The van der Waals surface area contributed by atoms with Crippen LogP contribution in [0.15, 0.2) is 17.8 Å². The second kappa shape index (κ2) is 3.72. The van der Waals surface area contributed by atoms with Crippen molar-refractivity contribution in [2.75, 3.05) is 0 Å². The Labute approximate surface area is 85.1 Å². The molecular weight excluding hydrogens is 251 g/mol. The molecule has 15 heavy (non-hydrogen) atoms. The van der Waals surface area contributed by atoms with Crippen LogP contribution >= 0.6 is 0 Å². The topological polar surface area (TPSA) is 106 Å². The van der Waals surface area contributed by atoms with E-state index in [-0.39, 0.29) is 5.82 Å². The van der Waals surface area contributed by atoms with Crippen molar-refractivity contribution in [1.29, 1.82) is 0 Å². The number of H-pyrrole nitrogens is 1. The number of imidazole rings is 1. The van der Waals surface area contributed by atoms with Crippen LogP contribution in [-0.4, -0.2) is 26.8 Å². The minimum atomic E-state index is -5.59. The lowest BCUT2D eigenvalue weighted by atomic mass is 10.6. The van der Waals surface area contributed by atoms with Crippen LogP contribution in [0.1, 0.15) is 5.82 Å². The quantitative estimate of drug-likeness (QED) is 0.758. The van der Waals surface area contributed by atoms with Gasteiger partial charge in [0.1, 0.15) is 5.82 Å². The highest BCUT2D eigenvalue weighted by atomic mass is 32.3. The number of rotatable bonds is 4. The van der Waals surface area contributed by atoms with E-state index >= 15 is 0 Å². The minimum Gasteiger partial charge on any atom is -0.328 e. The zero-order valence-electron chi connectivity index (χ0n) is 7.04. The molecule has 0 saturated carbocycles. The number of hydrogen-bond acceptors (Lipinski definition) is 6. The molecule has 0 spiro atoms. The summed E-state index contributed by atoms with van der Waals surface area (Å²) in [5.41, 5.74) is 0. The lowest BCUT2D eigenvalue weighted by Gasteiger charge is -1.96. The van der Waals surface area contributed by atoms with Crippen LogP contribution < -0.4 is 0 Å². The number of aromatic amines is 1. The van der Waals surface area contributed by atoms with Crippen molar-refractivity contribution >= 4 is 26.7 Å². The predicted octanol–water partition coefficient (Wildman–Crippen LogP) is -0.0277. The molecule has 84 valence electrons. The Balaban J connectivity index is 3.12. The Bertz CT molecular complexity index is 572. The number of aromatic nitrogens is 2. The van der Waals surface area contributed by atoms with E-state index in [0.717, 1.165) is 6.20 Å². The lowest BCUT2D eigenvalue weighted by molar-refractivity contribution is 0.427. The SMILES string of the molecule is C=Cc1ncc(S(=O)(=O)OS(=O)(=O)F)[nH]1. The molecule has 1 aromatic heterocycles. The third kappa shape index (κ3) is 3.11. The zero-order chi connectivity index (χ0) is 11.7. The molecule has 0 aliphatic heterocycles. The molecule has 0 radical (unpaired) electrons. The van der Waals surface area contributed by atoms with Gasteiger partial charge in [-0.05, 0) is 6.08 Å². The summed E-state index contributed by atoms with van der Waals surface area (Å²) in [5, 5.41) is -0.682. The van der Waals surface area contributed by atoms with Crippen molar-refractivity contribution < 1.29 is 24.4 Å². The maximum atomic E-state index is 12.0. The van der Waals surface area contributed by atoms with Gasteiger partial charge in [0.05, 0.1) is 6.20 Å². The lowest BCUT2D eigenvalue weighted by Crippen LogP contribution is -2.10. The molecule has 0 atom stereocenters. The van der Waals surface area contributed by atoms with E-state index in [1.807, 2.05) is 0 Å². The molecule has 0 aliphatic carbocycles. The summed E-state index contributed by atoms with van der Waals surface area (Å²) >= 11 is 0. The van der Waals surface area contributed by atoms with Gasteiger partial charge in [0, 0.05) is 0 Å². The number of hydrogen-bond donors (Lipinski definition) is 1. The van der Waals surface area contributed by atoms with E-state index in [4.69, 9.17) is 0 Å². The second-order valence-electron chi connectivity index (χ2n) is 2.25. The minimum absolute atomic E-state index is 0.0773. The average molecular weight is 256 g/mol. The molecule has 0 amide bonds. The fourth-order valence-corrected chi connectivity index (χ4v) is 2.25. The van der Waals surface area contributed by atoms with Crippen LogP contribution in [0.25, 0.3) is 6.08 Å². The van der Waals surface area contributed by atoms with Gasteiger partial charge in [0.2, 0.25) is 0 Å². The summed E-state index contributed by atoms with van der Waals surface area (Å²) in [6, 6.07) is 0. The van der Waals surface area contributed by atoms with Gasteiger partial charge < -0.3 is 4.98 Å². The molecule has 1 N–H and O–H groups in total. The fraction of sp³-hybridized carbons (Fsp3) is 0. The van der Waals surface area contributed by atoms with Crippen molar-refractivity contribution in [2.24, 2.45) is 0 Å². The summed E-state index contributed by atoms with van der Waals surface area (Å²) in [6.07, 6.45) is 1.96. The smallest absolute Gasteiger partial charge is 0.328 e. The molecule has 0 aliphatic rings. The normalized spacial score (nSPS) is 12.6. The molecule has 0 saturated heterocycles. The Morgan fingerprint density at radius 1 is 1.47 bits per heavy atom. The zero-order valence-corrected chi connectivity index (χ0v) is 8.68. The molecular formula is C5H5FN2O5S2. The van der Waals surface area contributed by atoms with Gasteiger partial charge in [-0.1, -0.05) is 10.5 Å². The molecule has 0 aromatic carbocycles. The summed E-state index contributed by atoms with van der Waals surface area (Å²) in [5.74, 6) is 0.0773. The van der Waals surface area contributed by atoms with E-state index in [2.05, 4.69) is 20.2 Å². The summed E-state index contributed by atoms with van der Waals surface area (Å²) in [4.78, 5) is 5.63. The van der Waals surface area contributed by atoms with Crippen molar-refractivity contribution in [2.45, 2.75) is 5.03 Å². The standard InChI is InChI=1S/C5H5FN2O5S2/c1-2-4-7-3-5(8-4)14(9,10)13-15(6,11)12/h2-3H,1H2,(H,7,8). The number of nitrogens with zero attached hydrogens (tertiary/aromatic N) is 1. The highest BCUT2D eigenvalue weighted by molar-refractivity contribution is 7.97. The van der Waals surface area contributed by atoms with Gasteiger partial charge in [-0.3, -0.25) is 0 Å². The van der Waals surface area contributed by atoms with Gasteiger partial charge in [0.25, 0.3) is 0 Å². The molecule has 1 aromatic rings. The Morgan fingerprint density at radius 3 is 2.47 bits per heavy atom. The van der Waals surface area contributed by atoms with Crippen LogP contribution in [0.5, 0.6) is 0 Å². The summed E-state index contributed by atoms with van der Waals surface area (Å²) in [7, 11) is -10.3. The maximum absolute atomic E-state index is 12.0. The first-order chi connectivity index (χ1) is 6.74. The number of nitrogens with one attached hydrogen (secondary N) is 1. The van der Waals surface area contributed by atoms with Gasteiger partial charge in [-0.25, -0.2) is 4.98 Å². The highest BCUT2D eigenvalue weighted by Gasteiger charge is 2.26. The van der Waals surface area contributed by atoms with E-state index in [1.54, 1.807) is 0 Å². The Kier molecular flexibility index (Phi) is 2.93. The molecule has 1 rings (SSSR count). The second-order valence-corrected chi connectivity index (χ2v) is 4.93. The summed E-state index contributed by atoms with van der Waals surface area (Å²) < 4.78 is 57.2. The van der Waals surface area contributed by atoms with Gasteiger partial charge in [0.15, 0.2) is 5.03 Å². The van der Waals surface area contributed by atoms with E-state index < -0.39 is 25.6 Å². The molecule has 0 bridgehead atoms. The molecule has 7 nitrogen and oxygen atoms in total. The van der Waals surface area contributed by atoms with Gasteiger partial charge in [-0.2, -0.15) is 16.8 Å². The third-order valence-electron chi connectivity index (χ3n) is 1.21. The Morgan fingerprint density at radius 2 is 2.07 bits per heavy atom. The third-order valence-corrected chi connectivity index (χ3v) is 3.32. The van der Waals surface area contributed by atoms with Crippen LogP contribution in [-0.2, 0) is 24.3 Å². The van der Waals surface area contributed by atoms with E-state index in [9.17, 15) is 20.7 Å². The first-order valence-electron chi connectivity index (χ1n) is 3.33. The molecule has 10 heteroatoms. The molecule has 0 unspecified atom stereocenters.